The Morgan fingerprint density at radius 2 is 0.605 bits per heavy atom. The molecule has 0 bridgehead atoms. The fourth-order valence-electron chi connectivity index (χ4n) is 6.22. The molecule has 0 unspecified atom stereocenters. The predicted octanol–water partition coefficient (Wildman–Crippen LogP) is 11.7. The van der Waals surface area contributed by atoms with Crippen LogP contribution in [0, 0.1) is 62.3 Å². The van der Waals surface area contributed by atoms with Gasteiger partial charge in [0.25, 0.3) is 0 Å². The minimum Gasteiger partial charge on any atom is -0.408 e. The number of rotatable bonds is 6. The molecule has 3 nitrogen and oxygen atoms in total. The summed E-state index contributed by atoms with van der Waals surface area (Å²) in [5.74, 6) is 2.29. The van der Waals surface area contributed by atoms with Crippen molar-refractivity contribution < 1.29 is 13.6 Å². The number of hydrogen-bond donors (Lipinski definition) is 0. The third-order valence-electron chi connectivity index (χ3n) is 8.32. The van der Waals surface area contributed by atoms with Crippen LogP contribution in [0.2, 0.25) is 0 Å². The van der Waals surface area contributed by atoms with E-state index in [1.54, 1.807) is 0 Å². The molecule has 6 aromatic carbocycles. The molecular weight excluding hydrogens is 547 g/mol. The highest BCUT2D eigenvalue weighted by Crippen LogP contribution is 2.47. The van der Waals surface area contributed by atoms with Crippen LogP contribution >= 0.6 is 8.60 Å². The Morgan fingerprint density at radius 3 is 0.884 bits per heavy atom. The van der Waals surface area contributed by atoms with Gasteiger partial charge in [0.05, 0.1) is 0 Å². The third kappa shape index (κ3) is 5.79. The summed E-state index contributed by atoms with van der Waals surface area (Å²) >= 11 is 0. The maximum absolute atomic E-state index is 6.70. The van der Waals surface area contributed by atoms with Crippen molar-refractivity contribution in [2.75, 3.05) is 0 Å². The van der Waals surface area contributed by atoms with Crippen LogP contribution in [-0.2, 0) is 0 Å². The topological polar surface area (TPSA) is 27.7 Å². The van der Waals surface area contributed by atoms with Crippen LogP contribution in [0.1, 0.15) is 50.1 Å². The molecule has 0 radical (unpaired) electrons. The molecule has 0 aliphatic rings. The van der Waals surface area contributed by atoms with Gasteiger partial charge in [0.2, 0.25) is 0 Å². The van der Waals surface area contributed by atoms with E-state index in [2.05, 4.69) is 135 Å². The second-order valence-electron chi connectivity index (χ2n) is 12.3. The SMILES string of the molecule is Cc1cc(C)c2cc(OP(Oc3cc4c(C)cc(C)cc4cc3C)Oc3cc4c(C)cc(C)cc4cc3C)c(C)cc2c1. The highest BCUT2D eigenvalue weighted by molar-refractivity contribution is 7.43. The molecule has 0 spiro atoms. The third-order valence-corrected chi connectivity index (χ3v) is 9.35. The Hall–Kier alpha value is -4.07. The number of fused-ring (bicyclic) bond motifs is 3. The zero-order chi connectivity index (χ0) is 30.6. The summed E-state index contributed by atoms with van der Waals surface area (Å²) in [5, 5.41) is 7.13. The van der Waals surface area contributed by atoms with Gasteiger partial charge in [-0.25, -0.2) is 0 Å². The lowest BCUT2D eigenvalue weighted by molar-refractivity contribution is 0.385. The van der Waals surface area contributed by atoms with Gasteiger partial charge in [0, 0.05) is 0 Å². The summed E-state index contributed by atoms with van der Waals surface area (Å²) in [6, 6.07) is 26.3. The summed E-state index contributed by atoms with van der Waals surface area (Å²) in [5.41, 5.74) is 10.5. The van der Waals surface area contributed by atoms with E-state index in [9.17, 15) is 0 Å². The Balaban J connectivity index is 1.44. The molecule has 6 rings (SSSR count). The van der Waals surface area contributed by atoms with E-state index in [0.717, 1.165) is 33.9 Å². The van der Waals surface area contributed by atoms with Crippen molar-refractivity contribution >= 4 is 40.9 Å². The molecule has 6 aromatic rings. The first-order chi connectivity index (χ1) is 20.4. The Bertz CT molecular complexity index is 1820. The average molecular weight is 587 g/mol. The zero-order valence-electron chi connectivity index (χ0n) is 26.6. The summed E-state index contributed by atoms with van der Waals surface area (Å²) in [6.45, 7) is 19.1. The van der Waals surface area contributed by atoms with Crippen molar-refractivity contribution in [1.82, 2.24) is 0 Å². The second-order valence-corrected chi connectivity index (χ2v) is 13.3. The number of benzene rings is 6. The molecule has 0 aromatic heterocycles. The summed E-state index contributed by atoms with van der Waals surface area (Å²) in [6.07, 6.45) is 0. The van der Waals surface area contributed by atoms with Crippen LogP contribution in [-0.4, -0.2) is 0 Å². The maximum Gasteiger partial charge on any atom is 0.530 e. The van der Waals surface area contributed by atoms with Gasteiger partial charge in [-0.05, 0) is 164 Å². The van der Waals surface area contributed by atoms with E-state index >= 15 is 0 Å². The van der Waals surface area contributed by atoms with Crippen molar-refractivity contribution in [3.63, 3.8) is 0 Å². The first kappa shape index (κ1) is 29.0. The van der Waals surface area contributed by atoms with Crippen molar-refractivity contribution in [2.45, 2.75) is 62.3 Å². The standard InChI is InChI=1S/C39H39O3P/c1-22-10-25(4)34-19-37(28(7)16-31(34)13-22)40-43(41-38-20-35-26(5)11-23(2)14-32(35)17-29(38)8)42-39-21-36-27(6)12-24(3)15-33(36)18-30(39)9/h10-21H,1-9H3. The monoisotopic (exact) mass is 586 g/mol. The Labute approximate surface area is 256 Å². The van der Waals surface area contributed by atoms with Crippen molar-refractivity contribution in [2.24, 2.45) is 0 Å². The van der Waals surface area contributed by atoms with E-state index in [-0.39, 0.29) is 0 Å². The van der Waals surface area contributed by atoms with Crippen LogP contribution in [0.4, 0.5) is 0 Å². The van der Waals surface area contributed by atoms with Crippen LogP contribution in [0.5, 0.6) is 17.2 Å². The van der Waals surface area contributed by atoms with Gasteiger partial charge in [-0.2, -0.15) is 0 Å². The molecule has 0 saturated carbocycles. The highest BCUT2D eigenvalue weighted by atomic mass is 31.2. The molecule has 4 heteroatoms. The van der Waals surface area contributed by atoms with Gasteiger partial charge in [-0.15, -0.1) is 0 Å². The van der Waals surface area contributed by atoms with Crippen LogP contribution < -0.4 is 13.6 Å². The van der Waals surface area contributed by atoms with E-state index in [4.69, 9.17) is 13.6 Å². The van der Waals surface area contributed by atoms with Gasteiger partial charge in [-0.1, -0.05) is 53.1 Å². The van der Waals surface area contributed by atoms with Crippen LogP contribution in [0.3, 0.4) is 0 Å². The minimum absolute atomic E-state index is 0.765. The first-order valence-corrected chi connectivity index (χ1v) is 15.9. The maximum atomic E-state index is 6.70. The number of hydrogen-bond acceptors (Lipinski definition) is 3. The van der Waals surface area contributed by atoms with Gasteiger partial charge in [0.1, 0.15) is 17.2 Å². The smallest absolute Gasteiger partial charge is 0.408 e. The second kappa shape index (κ2) is 11.2. The molecule has 0 aliphatic heterocycles. The van der Waals surface area contributed by atoms with Gasteiger partial charge >= 0.3 is 8.60 Å². The Morgan fingerprint density at radius 1 is 0.326 bits per heavy atom. The fraction of sp³-hybridized carbons (Fsp3) is 0.231. The lowest BCUT2D eigenvalue weighted by Gasteiger charge is -2.22. The minimum atomic E-state index is -1.85. The molecule has 218 valence electrons. The molecule has 43 heavy (non-hydrogen) atoms. The van der Waals surface area contributed by atoms with E-state index in [1.165, 1.54) is 65.7 Å². The van der Waals surface area contributed by atoms with Crippen LogP contribution in [0.15, 0.2) is 72.8 Å². The highest BCUT2D eigenvalue weighted by Gasteiger charge is 2.24. The van der Waals surface area contributed by atoms with Crippen LogP contribution in [0.25, 0.3) is 32.3 Å². The number of aryl methyl sites for hydroxylation is 9. The average Bonchev–Trinajstić information content (AvgIpc) is 2.90. The largest absolute Gasteiger partial charge is 0.530 e. The lowest BCUT2D eigenvalue weighted by atomic mass is 10.00. The normalized spacial score (nSPS) is 11.6. The van der Waals surface area contributed by atoms with Crippen molar-refractivity contribution in [3.8, 4) is 17.2 Å². The van der Waals surface area contributed by atoms with Gasteiger partial charge < -0.3 is 13.6 Å². The molecule has 0 saturated heterocycles. The summed E-state index contributed by atoms with van der Waals surface area (Å²) < 4.78 is 20.1. The van der Waals surface area contributed by atoms with E-state index in [0.29, 0.717) is 0 Å². The molecule has 0 N–H and O–H groups in total. The molecular formula is C39H39O3P. The van der Waals surface area contributed by atoms with Crippen molar-refractivity contribution in [1.29, 1.82) is 0 Å². The van der Waals surface area contributed by atoms with Gasteiger partial charge in [-0.3, -0.25) is 0 Å². The molecule has 0 heterocycles. The molecule has 0 aliphatic carbocycles. The van der Waals surface area contributed by atoms with Gasteiger partial charge in [0.15, 0.2) is 0 Å². The fourth-order valence-corrected chi connectivity index (χ4v) is 7.41. The van der Waals surface area contributed by atoms with Crippen molar-refractivity contribution in [3.05, 3.63) is 123 Å². The Kier molecular flexibility index (Phi) is 7.57. The zero-order valence-corrected chi connectivity index (χ0v) is 27.5. The first-order valence-electron chi connectivity index (χ1n) is 14.8. The molecule has 0 atom stereocenters. The summed E-state index contributed by atoms with van der Waals surface area (Å²) in [4.78, 5) is 0. The summed E-state index contributed by atoms with van der Waals surface area (Å²) in [7, 11) is -1.85. The van der Waals surface area contributed by atoms with E-state index < -0.39 is 8.60 Å². The van der Waals surface area contributed by atoms with E-state index in [1.807, 2.05) is 0 Å². The quantitative estimate of drug-likeness (QED) is 0.182. The predicted molar refractivity (Wildman–Crippen MR) is 183 cm³/mol. The molecule has 0 amide bonds. The molecule has 0 fully saturated rings. The lowest BCUT2D eigenvalue weighted by Crippen LogP contribution is -2.05.